The quantitative estimate of drug-likeness (QED) is 0.357. The van der Waals surface area contributed by atoms with Crippen molar-refractivity contribution in [1.29, 1.82) is 0 Å². The minimum atomic E-state index is 1.18. The lowest BCUT2D eigenvalue weighted by atomic mass is 10.3. The van der Waals surface area contributed by atoms with Crippen LogP contribution in [0.3, 0.4) is 0 Å². The lowest BCUT2D eigenvalue weighted by Crippen LogP contribution is -1.61. The van der Waals surface area contributed by atoms with Gasteiger partial charge < -0.3 is 0 Å². The molecule has 102 valence electrons. The Kier molecular flexibility index (Phi) is 30.9. The van der Waals surface area contributed by atoms with Crippen LogP contribution in [0.2, 0.25) is 0 Å². The molecule has 0 N–H and O–H groups in total. The normalized spacial score (nSPS) is 7.82. The molecule has 0 amide bonds. The third-order valence-electron chi connectivity index (χ3n) is 2.10. The van der Waals surface area contributed by atoms with E-state index in [1.165, 1.54) is 44.1 Å². The first kappa shape index (κ1) is 21.5. The van der Waals surface area contributed by atoms with Crippen molar-refractivity contribution in [3.8, 4) is 0 Å². The molecule has 0 aliphatic heterocycles. The summed E-state index contributed by atoms with van der Waals surface area (Å²) in [4.78, 5) is 0. The van der Waals surface area contributed by atoms with Gasteiger partial charge in [0.15, 0.2) is 0 Å². The zero-order chi connectivity index (χ0) is 13.9. The van der Waals surface area contributed by atoms with E-state index in [1.807, 2.05) is 19.1 Å². The Morgan fingerprint density at radius 2 is 1.18 bits per heavy atom. The number of allylic oxidation sites excluding steroid dienone is 4. The van der Waals surface area contributed by atoms with Crippen molar-refractivity contribution in [3.63, 3.8) is 0 Å². The molecule has 0 saturated carbocycles. The molecule has 0 aliphatic carbocycles. The summed E-state index contributed by atoms with van der Waals surface area (Å²) in [6.07, 6.45) is 13.5. The van der Waals surface area contributed by atoms with E-state index in [9.17, 15) is 0 Å². The van der Waals surface area contributed by atoms with Crippen molar-refractivity contribution in [2.75, 3.05) is 0 Å². The van der Waals surface area contributed by atoms with Crippen LogP contribution in [0.5, 0.6) is 0 Å². The Morgan fingerprint density at radius 3 is 1.24 bits per heavy atom. The fourth-order valence-corrected chi connectivity index (χ4v) is 0.697. The zero-order valence-corrected chi connectivity index (χ0v) is 12.9. The Morgan fingerprint density at radius 1 is 0.882 bits per heavy atom. The summed E-state index contributed by atoms with van der Waals surface area (Å²) in [7, 11) is 0. The van der Waals surface area contributed by atoms with Crippen LogP contribution in [0, 0.1) is 0 Å². The molecule has 0 rings (SSSR count). The van der Waals surface area contributed by atoms with Gasteiger partial charge in [-0.2, -0.15) is 0 Å². The monoisotopic (exact) mass is 238 g/mol. The largest absolute Gasteiger partial charge is 0.103 e. The van der Waals surface area contributed by atoms with E-state index >= 15 is 0 Å². The highest BCUT2D eigenvalue weighted by atomic mass is 13.8. The van der Waals surface area contributed by atoms with Crippen molar-refractivity contribution >= 4 is 0 Å². The molecule has 0 heteroatoms. The summed E-state index contributed by atoms with van der Waals surface area (Å²) < 4.78 is 0. The van der Waals surface area contributed by atoms with Gasteiger partial charge in [0, 0.05) is 0 Å². The van der Waals surface area contributed by atoms with E-state index in [-0.39, 0.29) is 0 Å². The second kappa shape index (κ2) is 24.4. The molecule has 0 bridgehead atoms. The van der Waals surface area contributed by atoms with Crippen LogP contribution < -0.4 is 0 Å². The van der Waals surface area contributed by atoms with E-state index < -0.39 is 0 Å². The summed E-state index contributed by atoms with van der Waals surface area (Å²) in [5, 5.41) is 0. The molecule has 0 spiro atoms. The maximum absolute atomic E-state index is 3.60. The van der Waals surface area contributed by atoms with Crippen LogP contribution in [0.1, 0.15) is 73.1 Å². The molecular formula is C17H34. The van der Waals surface area contributed by atoms with E-state index in [0.29, 0.717) is 0 Å². The number of unbranched alkanes of at least 4 members (excludes halogenated alkanes) is 4. The second-order valence-corrected chi connectivity index (χ2v) is 4.23. The van der Waals surface area contributed by atoms with E-state index in [1.54, 1.807) is 0 Å². The molecule has 0 aliphatic rings. The standard InChI is InChI=1S/2C6H12.C5H10/c2*1-3-5-6-4-2;1-4-5(2)3/h2*3H,1,4-6H2,2H3;4H,1-3H3. The minimum Gasteiger partial charge on any atom is -0.103 e. The highest BCUT2D eigenvalue weighted by Crippen LogP contribution is 1.91. The van der Waals surface area contributed by atoms with Gasteiger partial charge >= 0.3 is 0 Å². The van der Waals surface area contributed by atoms with Crippen molar-refractivity contribution in [3.05, 3.63) is 37.0 Å². The van der Waals surface area contributed by atoms with Crippen LogP contribution in [0.15, 0.2) is 37.0 Å². The molecule has 0 atom stereocenters. The Balaban J connectivity index is -0.000000174. The van der Waals surface area contributed by atoms with Gasteiger partial charge in [0.05, 0.1) is 0 Å². The Bertz CT molecular complexity index is 147. The summed E-state index contributed by atoms with van der Waals surface area (Å²) >= 11 is 0. The molecular weight excluding hydrogens is 204 g/mol. The van der Waals surface area contributed by atoms with Gasteiger partial charge in [0.2, 0.25) is 0 Å². The van der Waals surface area contributed by atoms with Crippen molar-refractivity contribution < 1.29 is 0 Å². The molecule has 0 fully saturated rings. The van der Waals surface area contributed by atoms with Crippen LogP contribution in [0.4, 0.5) is 0 Å². The Labute approximate surface area is 111 Å². The van der Waals surface area contributed by atoms with E-state index in [2.05, 4.69) is 46.9 Å². The van der Waals surface area contributed by atoms with Gasteiger partial charge in [0.1, 0.15) is 0 Å². The molecule has 0 nitrogen and oxygen atoms in total. The topological polar surface area (TPSA) is 0 Å². The first-order chi connectivity index (χ1) is 8.10. The van der Waals surface area contributed by atoms with Crippen LogP contribution in [-0.2, 0) is 0 Å². The van der Waals surface area contributed by atoms with Gasteiger partial charge in [0.25, 0.3) is 0 Å². The number of hydrogen-bond acceptors (Lipinski definition) is 0. The molecule has 0 saturated heterocycles. The summed E-state index contributed by atoms with van der Waals surface area (Å²) in [6.45, 7) is 17.8. The molecule has 0 unspecified atom stereocenters. The van der Waals surface area contributed by atoms with E-state index in [0.717, 1.165) is 0 Å². The fraction of sp³-hybridized carbons (Fsp3) is 0.647. The third kappa shape index (κ3) is 51.0. The predicted octanol–water partition coefficient (Wildman–Crippen LogP) is 6.70. The minimum absolute atomic E-state index is 1.18. The highest BCUT2D eigenvalue weighted by Gasteiger charge is 1.71. The van der Waals surface area contributed by atoms with Crippen LogP contribution in [0.25, 0.3) is 0 Å². The number of hydrogen-bond donors (Lipinski definition) is 0. The second-order valence-electron chi connectivity index (χ2n) is 4.23. The molecule has 0 aromatic carbocycles. The first-order valence-corrected chi connectivity index (χ1v) is 6.91. The lowest BCUT2D eigenvalue weighted by molar-refractivity contribution is 0.816. The van der Waals surface area contributed by atoms with Crippen molar-refractivity contribution in [2.45, 2.75) is 73.1 Å². The molecule has 0 heterocycles. The summed E-state index contributed by atoms with van der Waals surface area (Å²) in [5.74, 6) is 0. The van der Waals surface area contributed by atoms with Crippen molar-refractivity contribution in [2.24, 2.45) is 0 Å². The SMILES string of the molecule is C=CCCCC.C=CCCCC.CC=C(C)C. The lowest BCUT2D eigenvalue weighted by Gasteiger charge is -1.81. The average Bonchev–Trinajstić information content (AvgIpc) is 2.35. The maximum atomic E-state index is 3.60. The average molecular weight is 238 g/mol. The first-order valence-electron chi connectivity index (χ1n) is 6.91. The Hall–Kier alpha value is -0.780. The van der Waals surface area contributed by atoms with Crippen LogP contribution in [-0.4, -0.2) is 0 Å². The maximum Gasteiger partial charge on any atom is -0.0354 e. The smallest absolute Gasteiger partial charge is 0.0354 e. The van der Waals surface area contributed by atoms with Gasteiger partial charge in [-0.3, -0.25) is 0 Å². The summed E-state index contributed by atoms with van der Waals surface area (Å²) in [5.41, 5.74) is 1.38. The predicted molar refractivity (Wildman–Crippen MR) is 84.5 cm³/mol. The van der Waals surface area contributed by atoms with Crippen LogP contribution >= 0.6 is 0 Å². The molecule has 0 aromatic rings. The molecule has 17 heavy (non-hydrogen) atoms. The molecule has 0 radical (unpaired) electrons. The fourth-order valence-electron chi connectivity index (χ4n) is 0.697. The summed E-state index contributed by atoms with van der Waals surface area (Å²) in [6, 6.07) is 0. The van der Waals surface area contributed by atoms with Gasteiger partial charge in [-0.15, -0.1) is 13.2 Å². The number of rotatable bonds is 6. The van der Waals surface area contributed by atoms with Crippen molar-refractivity contribution in [1.82, 2.24) is 0 Å². The van der Waals surface area contributed by atoms with E-state index in [4.69, 9.17) is 0 Å². The third-order valence-corrected chi connectivity index (χ3v) is 2.10. The highest BCUT2D eigenvalue weighted by molar-refractivity contribution is 4.88. The van der Waals surface area contributed by atoms with Gasteiger partial charge in [-0.1, -0.05) is 63.3 Å². The molecule has 0 aromatic heterocycles. The van der Waals surface area contributed by atoms with Gasteiger partial charge in [-0.25, -0.2) is 0 Å². The zero-order valence-electron chi connectivity index (χ0n) is 12.9. The van der Waals surface area contributed by atoms with Gasteiger partial charge in [-0.05, 0) is 33.6 Å².